The highest BCUT2D eigenvalue weighted by atomic mass is 79.9. The van der Waals surface area contributed by atoms with E-state index in [2.05, 4.69) is 31.2 Å². The van der Waals surface area contributed by atoms with E-state index in [1.807, 2.05) is 6.92 Å². The van der Waals surface area contributed by atoms with Crippen molar-refractivity contribution in [3.63, 3.8) is 0 Å². The van der Waals surface area contributed by atoms with Gasteiger partial charge in [0.05, 0.1) is 15.7 Å². The van der Waals surface area contributed by atoms with E-state index in [0.29, 0.717) is 22.7 Å². The summed E-state index contributed by atoms with van der Waals surface area (Å²) < 4.78 is 5.84. The molecule has 19 heavy (non-hydrogen) atoms. The maximum absolute atomic E-state index is 11.0. The molecule has 0 aromatic carbocycles. The molecule has 0 unspecified atom stereocenters. The molecular weight excluding hydrogens is 316 g/mol. The number of nitrogens with zero attached hydrogens (tertiary/aromatic N) is 3. The lowest BCUT2D eigenvalue weighted by Crippen LogP contribution is -2.06. The molecule has 0 atom stereocenters. The molecule has 2 aromatic rings. The zero-order valence-electron chi connectivity index (χ0n) is 10.1. The molecular formula is C11H11BrN4O3. The highest BCUT2D eigenvalue weighted by molar-refractivity contribution is 9.10. The van der Waals surface area contributed by atoms with Gasteiger partial charge in [-0.05, 0) is 28.4 Å². The van der Waals surface area contributed by atoms with E-state index in [-0.39, 0.29) is 11.4 Å². The largest absolute Gasteiger partial charge is 0.461 e. The van der Waals surface area contributed by atoms with Crippen LogP contribution < -0.4 is 5.32 Å². The highest BCUT2D eigenvalue weighted by Crippen LogP contribution is 2.34. The van der Waals surface area contributed by atoms with Gasteiger partial charge in [-0.25, -0.2) is 9.97 Å². The monoisotopic (exact) mass is 326 g/mol. The second-order valence-corrected chi connectivity index (χ2v) is 4.56. The molecule has 2 rings (SSSR count). The first-order valence-electron chi connectivity index (χ1n) is 5.62. The first-order valence-corrected chi connectivity index (χ1v) is 6.41. The molecule has 7 nitrogen and oxygen atoms in total. The predicted octanol–water partition coefficient (Wildman–Crippen LogP) is 3.23. The molecule has 0 bridgehead atoms. The minimum Gasteiger partial charge on any atom is -0.461 e. The van der Waals surface area contributed by atoms with Crippen molar-refractivity contribution in [3.8, 4) is 11.5 Å². The molecule has 0 fully saturated rings. The molecule has 1 N–H and O–H groups in total. The molecule has 100 valence electrons. The Morgan fingerprint density at radius 3 is 2.95 bits per heavy atom. The summed E-state index contributed by atoms with van der Waals surface area (Å²) in [5, 5.41) is 14.0. The lowest BCUT2D eigenvalue weighted by Gasteiger charge is -2.05. The second-order valence-electron chi connectivity index (χ2n) is 3.71. The number of hydrogen-bond donors (Lipinski definition) is 1. The van der Waals surface area contributed by atoms with Gasteiger partial charge >= 0.3 is 5.69 Å². The van der Waals surface area contributed by atoms with Gasteiger partial charge in [-0.3, -0.25) is 10.1 Å². The number of anilines is 1. The Labute approximate surface area is 117 Å². The highest BCUT2D eigenvalue weighted by Gasteiger charge is 2.23. The standard InChI is InChI=1S/C11H11BrN4O3/c1-2-4-13-11-14-6-8(16(17)18)9(15-11)10-7(12)3-5-19-10/h3,5-6H,2,4H2,1H3,(H,13,14,15). The van der Waals surface area contributed by atoms with E-state index in [4.69, 9.17) is 4.42 Å². The first kappa shape index (κ1) is 13.5. The predicted molar refractivity (Wildman–Crippen MR) is 72.9 cm³/mol. The minimum absolute atomic E-state index is 0.149. The molecule has 0 amide bonds. The van der Waals surface area contributed by atoms with Crippen LogP contribution in [0.4, 0.5) is 11.6 Å². The van der Waals surface area contributed by atoms with Gasteiger partial charge in [-0.15, -0.1) is 0 Å². The van der Waals surface area contributed by atoms with Gasteiger partial charge in [0.25, 0.3) is 0 Å². The van der Waals surface area contributed by atoms with Crippen molar-refractivity contribution in [1.29, 1.82) is 0 Å². The number of nitro groups is 1. The van der Waals surface area contributed by atoms with Crippen LogP contribution in [0.5, 0.6) is 0 Å². The maximum Gasteiger partial charge on any atom is 0.317 e. The van der Waals surface area contributed by atoms with Gasteiger partial charge < -0.3 is 9.73 Å². The fourth-order valence-corrected chi connectivity index (χ4v) is 1.85. The Hall–Kier alpha value is -1.96. The lowest BCUT2D eigenvalue weighted by atomic mass is 10.3. The Kier molecular flexibility index (Phi) is 4.10. The third kappa shape index (κ3) is 2.90. The van der Waals surface area contributed by atoms with Gasteiger partial charge in [0.15, 0.2) is 11.5 Å². The van der Waals surface area contributed by atoms with E-state index < -0.39 is 4.92 Å². The number of hydrogen-bond acceptors (Lipinski definition) is 6. The van der Waals surface area contributed by atoms with Crippen molar-refractivity contribution in [3.05, 3.63) is 33.1 Å². The van der Waals surface area contributed by atoms with Crippen LogP contribution >= 0.6 is 15.9 Å². The summed E-state index contributed by atoms with van der Waals surface area (Å²) in [5.74, 6) is 0.652. The van der Waals surface area contributed by atoms with Gasteiger partial charge in [-0.1, -0.05) is 6.92 Å². The molecule has 0 saturated carbocycles. The normalized spacial score (nSPS) is 10.4. The van der Waals surface area contributed by atoms with Crippen LogP contribution in [-0.2, 0) is 0 Å². The number of rotatable bonds is 5. The summed E-state index contributed by atoms with van der Waals surface area (Å²) in [6, 6.07) is 1.65. The fraction of sp³-hybridized carbons (Fsp3) is 0.273. The smallest absolute Gasteiger partial charge is 0.317 e. The summed E-state index contributed by atoms with van der Waals surface area (Å²) >= 11 is 3.27. The molecule has 2 aromatic heterocycles. The van der Waals surface area contributed by atoms with E-state index in [0.717, 1.165) is 6.42 Å². The Bertz CT molecular complexity index is 599. The average molecular weight is 327 g/mol. The molecule has 0 saturated heterocycles. The maximum atomic E-state index is 11.0. The van der Waals surface area contributed by atoms with Gasteiger partial charge in [0.2, 0.25) is 5.95 Å². The van der Waals surface area contributed by atoms with Crippen molar-refractivity contribution in [2.75, 3.05) is 11.9 Å². The summed E-state index contributed by atoms with van der Waals surface area (Å²) in [4.78, 5) is 18.5. The van der Waals surface area contributed by atoms with Crippen molar-refractivity contribution in [2.24, 2.45) is 0 Å². The average Bonchev–Trinajstić information content (AvgIpc) is 2.82. The van der Waals surface area contributed by atoms with Gasteiger partial charge in [0.1, 0.15) is 6.20 Å². The van der Waals surface area contributed by atoms with Crippen LogP contribution in [0.3, 0.4) is 0 Å². The Morgan fingerprint density at radius 1 is 1.58 bits per heavy atom. The summed E-state index contributed by atoms with van der Waals surface area (Å²) in [6.07, 6.45) is 3.51. The fourth-order valence-electron chi connectivity index (χ4n) is 1.46. The van der Waals surface area contributed by atoms with Crippen LogP contribution in [0, 0.1) is 10.1 Å². The molecule has 0 aliphatic heterocycles. The molecule has 0 aliphatic carbocycles. The second kappa shape index (κ2) is 5.79. The Balaban J connectivity index is 2.48. The van der Waals surface area contributed by atoms with E-state index in [1.165, 1.54) is 12.5 Å². The number of halogens is 1. The quantitative estimate of drug-likeness (QED) is 0.669. The van der Waals surface area contributed by atoms with Crippen molar-refractivity contribution in [2.45, 2.75) is 13.3 Å². The zero-order chi connectivity index (χ0) is 13.8. The molecule has 0 aliphatic rings. The van der Waals surface area contributed by atoms with Crippen LogP contribution in [0.2, 0.25) is 0 Å². The van der Waals surface area contributed by atoms with Crippen molar-refractivity contribution >= 4 is 27.6 Å². The minimum atomic E-state index is -0.534. The third-order valence-corrected chi connectivity index (χ3v) is 2.96. The van der Waals surface area contributed by atoms with Crippen LogP contribution in [0.25, 0.3) is 11.5 Å². The van der Waals surface area contributed by atoms with Gasteiger partial charge in [0, 0.05) is 6.54 Å². The SMILES string of the molecule is CCCNc1ncc([N+](=O)[O-])c(-c2occc2Br)n1. The summed E-state index contributed by atoms with van der Waals surface area (Å²) in [7, 11) is 0. The number of furan rings is 1. The molecule has 0 spiro atoms. The topological polar surface area (TPSA) is 94.1 Å². The third-order valence-electron chi connectivity index (χ3n) is 2.33. The molecule has 2 heterocycles. The number of nitrogens with one attached hydrogen (secondary N) is 1. The van der Waals surface area contributed by atoms with Gasteiger partial charge in [-0.2, -0.15) is 0 Å². The summed E-state index contributed by atoms with van der Waals surface area (Å²) in [5.41, 5.74) is -0.0480. The molecule has 0 radical (unpaired) electrons. The van der Waals surface area contributed by atoms with Crippen LogP contribution in [-0.4, -0.2) is 21.4 Å². The van der Waals surface area contributed by atoms with E-state index in [1.54, 1.807) is 6.07 Å². The summed E-state index contributed by atoms with van der Waals surface area (Å²) in [6.45, 7) is 2.69. The zero-order valence-corrected chi connectivity index (χ0v) is 11.7. The van der Waals surface area contributed by atoms with Crippen LogP contribution in [0.1, 0.15) is 13.3 Å². The van der Waals surface area contributed by atoms with E-state index in [9.17, 15) is 10.1 Å². The first-order chi connectivity index (χ1) is 9.13. The molecule has 8 heteroatoms. The van der Waals surface area contributed by atoms with Crippen LogP contribution in [0.15, 0.2) is 27.4 Å². The van der Waals surface area contributed by atoms with Crippen molar-refractivity contribution in [1.82, 2.24) is 9.97 Å². The van der Waals surface area contributed by atoms with Crippen molar-refractivity contribution < 1.29 is 9.34 Å². The Morgan fingerprint density at radius 2 is 2.37 bits per heavy atom. The van der Waals surface area contributed by atoms with E-state index >= 15 is 0 Å². The lowest BCUT2D eigenvalue weighted by molar-refractivity contribution is -0.384. The number of aromatic nitrogens is 2.